The molecule has 10 heteroatoms. The highest BCUT2D eigenvalue weighted by atomic mass is 19.3. The second-order valence-electron chi connectivity index (χ2n) is 7.35. The number of nitrogens with one attached hydrogen (secondary N) is 1. The van der Waals surface area contributed by atoms with Crippen LogP contribution in [-0.4, -0.2) is 55.6 Å². The molecule has 0 radical (unpaired) electrons. The van der Waals surface area contributed by atoms with E-state index in [-0.39, 0.29) is 35.9 Å². The van der Waals surface area contributed by atoms with E-state index in [1.54, 1.807) is 4.90 Å². The molecule has 0 aromatic heterocycles. The molecular weight excluding hydrogens is 399 g/mol. The van der Waals surface area contributed by atoms with Crippen molar-refractivity contribution in [1.29, 1.82) is 0 Å². The number of benzene rings is 1. The molecule has 1 heterocycles. The van der Waals surface area contributed by atoms with E-state index in [9.17, 15) is 26.7 Å². The van der Waals surface area contributed by atoms with Crippen molar-refractivity contribution in [3.63, 3.8) is 0 Å². The predicted molar refractivity (Wildman–Crippen MR) is 93.8 cm³/mol. The molecule has 2 aliphatic rings. The van der Waals surface area contributed by atoms with E-state index < -0.39 is 25.0 Å². The molecule has 162 valence electrons. The monoisotopic (exact) mass is 422 g/mol. The highest BCUT2D eigenvalue weighted by Crippen LogP contribution is 2.36. The second-order valence-corrected chi connectivity index (χ2v) is 7.35. The first-order valence-corrected chi connectivity index (χ1v) is 9.52. The Labute approximate surface area is 165 Å². The second kappa shape index (κ2) is 9.60. The number of carbonyl (C=O) groups is 1. The molecule has 0 spiro atoms. The minimum Gasteiger partial charge on any atom is -0.486 e. The first-order valence-electron chi connectivity index (χ1n) is 9.52. The van der Waals surface area contributed by atoms with Crippen molar-refractivity contribution in [2.24, 2.45) is 5.92 Å². The number of hydrogen-bond acceptors (Lipinski definition) is 4. The van der Waals surface area contributed by atoms with Crippen molar-refractivity contribution in [2.45, 2.75) is 50.9 Å². The Hall–Kier alpha value is -2.10. The van der Waals surface area contributed by atoms with E-state index in [4.69, 9.17) is 4.74 Å². The van der Waals surface area contributed by atoms with Crippen LogP contribution in [0.3, 0.4) is 0 Å². The number of carbonyl (C=O) groups excluding carboxylic acids is 1. The van der Waals surface area contributed by atoms with Gasteiger partial charge in [-0.05, 0) is 37.8 Å². The number of hydrogen-bond donors (Lipinski definition) is 1. The maximum absolute atomic E-state index is 13.4. The molecule has 3 rings (SSSR count). The molecule has 0 unspecified atom stereocenters. The fourth-order valence-electron chi connectivity index (χ4n) is 3.60. The first-order chi connectivity index (χ1) is 13.8. The van der Waals surface area contributed by atoms with Crippen LogP contribution in [0.4, 0.5) is 22.0 Å². The summed E-state index contributed by atoms with van der Waals surface area (Å²) in [7, 11) is 0. The van der Waals surface area contributed by atoms with Crippen LogP contribution in [-0.2, 0) is 4.79 Å². The summed E-state index contributed by atoms with van der Waals surface area (Å²) in [6.07, 6.45) is -0.787. The third kappa shape index (κ3) is 6.19. The minimum atomic E-state index is -3.06. The normalized spacial score (nSPS) is 23.1. The van der Waals surface area contributed by atoms with E-state index in [1.807, 2.05) is 0 Å². The van der Waals surface area contributed by atoms with Crippen LogP contribution in [0.25, 0.3) is 0 Å². The van der Waals surface area contributed by atoms with Crippen molar-refractivity contribution in [3.05, 3.63) is 24.0 Å². The number of halogens is 5. The minimum absolute atomic E-state index is 0.0503. The largest absolute Gasteiger partial charge is 0.486 e. The summed E-state index contributed by atoms with van der Waals surface area (Å²) >= 11 is 0. The Kier molecular flexibility index (Phi) is 7.15. The van der Waals surface area contributed by atoms with Gasteiger partial charge in [-0.1, -0.05) is 0 Å². The summed E-state index contributed by atoms with van der Waals surface area (Å²) in [5, 5.41) is 2.93. The molecule has 1 aliphatic heterocycles. The zero-order valence-corrected chi connectivity index (χ0v) is 15.6. The number of amides is 1. The standard InChI is InChI=1S/C19H23F5N2O3/c20-12-1-2-15(29-19(23)24)16(9-12)28-14-7-11(8-14)18(27)25-13-3-5-26(6-4-13)10-17(21)22/h1-2,9,11,13-14,17,19H,3-8,10H2,(H,25,27). The lowest BCUT2D eigenvalue weighted by molar-refractivity contribution is -0.131. The smallest absolute Gasteiger partial charge is 0.387 e. The fourth-order valence-corrected chi connectivity index (χ4v) is 3.60. The van der Waals surface area contributed by atoms with Crippen molar-refractivity contribution < 1.29 is 36.2 Å². The molecule has 0 bridgehead atoms. The molecule has 1 amide bonds. The quantitative estimate of drug-likeness (QED) is 0.653. The zero-order chi connectivity index (χ0) is 21.0. The van der Waals surface area contributed by atoms with Gasteiger partial charge in [0.25, 0.3) is 6.43 Å². The number of rotatable bonds is 8. The molecule has 1 N–H and O–H groups in total. The molecule has 1 saturated heterocycles. The van der Waals surface area contributed by atoms with Gasteiger partial charge in [0.1, 0.15) is 11.9 Å². The van der Waals surface area contributed by atoms with Crippen LogP contribution in [0, 0.1) is 11.7 Å². The number of likely N-dealkylation sites (tertiary alicyclic amines) is 1. The molecular formula is C19H23F5N2O3. The Morgan fingerprint density at radius 2 is 1.83 bits per heavy atom. The summed E-state index contributed by atoms with van der Waals surface area (Å²) in [4.78, 5) is 14.0. The van der Waals surface area contributed by atoms with E-state index in [0.717, 1.165) is 18.2 Å². The van der Waals surface area contributed by atoms with Crippen LogP contribution >= 0.6 is 0 Å². The van der Waals surface area contributed by atoms with Gasteiger partial charge in [0, 0.05) is 31.1 Å². The van der Waals surface area contributed by atoms with Crippen molar-refractivity contribution in [1.82, 2.24) is 10.2 Å². The van der Waals surface area contributed by atoms with Gasteiger partial charge in [0.15, 0.2) is 11.5 Å². The molecule has 5 nitrogen and oxygen atoms in total. The topological polar surface area (TPSA) is 50.8 Å². The molecule has 1 aromatic carbocycles. The molecule has 0 atom stereocenters. The van der Waals surface area contributed by atoms with Crippen molar-refractivity contribution in [3.8, 4) is 11.5 Å². The Morgan fingerprint density at radius 3 is 2.45 bits per heavy atom. The van der Waals surface area contributed by atoms with Gasteiger partial charge in [-0.2, -0.15) is 8.78 Å². The average molecular weight is 422 g/mol. The first kappa shape index (κ1) is 21.6. The third-order valence-corrected chi connectivity index (χ3v) is 5.21. The number of piperidine rings is 1. The van der Waals surface area contributed by atoms with E-state index in [1.165, 1.54) is 0 Å². The summed E-state index contributed by atoms with van der Waals surface area (Å²) in [5.74, 6) is -1.45. The van der Waals surface area contributed by atoms with Crippen LogP contribution in [0.15, 0.2) is 18.2 Å². The van der Waals surface area contributed by atoms with E-state index in [0.29, 0.717) is 38.8 Å². The van der Waals surface area contributed by atoms with Crippen LogP contribution in [0.2, 0.25) is 0 Å². The van der Waals surface area contributed by atoms with Gasteiger partial charge in [-0.15, -0.1) is 0 Å². The third-order valence-electron chi connectivity index (χ3n) is 5.21. The summed E-state index contributed by atoms with van der Waals surface area (Å²) in [5.41, 5.74) is 0. The van der Waals surface area contributed by atoms with E-state index in [2.05, 4.69) is 10.1 Å². The van der Waals surface area contributed by atoms with E-state index >= 15 is 0 Å². The summed E-state index contributed by atoms with van der Waals surface area (Å²) in [6.45, 7) is -2.29. The maximum Gasteiger partial charge on any atom is 0.387 e. The lowest BCUT2D eigenvalue weighted by atomic mass is 9.81. The average Bonchev–Trinajstić information content (AvgIpc) is 2.60. The molecule has 1 saturated carbocycles. The molecule has 1 aromatic rings. The highest BCUT2D eigenvalue weighted by molar-refractivity contribution is 5.80. The number of ether oxygens (including phenoxy) is 2. The fraction of sp³-hybridized carbons (Fsp3) is 0.632. The lowest BCUT2D eigenvalue weighted by Crippen LogP contribution is -2.50. The van der Waals surface area contributed by atoms with Crippen molar-refractivity contribution in [2.75, 3.05) is 19.6 Å². The maximum atomic E-state index is 13.4. The summed E-state index contributed by atoms with van der Waals surface area (Å²) < 4.78 is 72.9. The van der Waals surface area contributed by atoms with Crippen LogP contribution < -0.4 is 14.8 Å². The molecule has 1 aliphatic carbocycles. The van der Waals surface area contributed by atoms with Gasteiger partial charge in [-0.3, -0.25) is 9.69 Å². The number of nitrogens with zero attached hydrogens (tertiary/aromatic N) is 1. The Balaban J connectivity index is 1.42. The SMILES string of the molecule is O=C(NC1CCN(CC(F)F)CC1)C1CC(Oc2cc(F)ccc2OC(F)F)C1. The Bertz CT molecular complexity index is 692. The highest BCUT2D eigenvalue weighted by Gasteiger charge is 2.37. The Morgan fingerprint density at radius 1 is 1.14 bits per heavy atom. The van der Waals surface area contributed by atoms with Crippen molar-refractivity contribution >= 4 is 5.91 Å². The molecule has 29 heavy (non-hydrogen) atoms. The molecule has 2 fully saturated rings. The number of alkyl halides is 4. The van der Waals surface area contributed by atoms with Crippen LogP contribution in [0.5, 0.6) is 11.5 Å². The van der Waals surface area contributed by atoms with Gasteiger partial charge < -0.3 is 14.8 Å². The predicted octanol–water partition coefficient (Wildman–Crippen LogP) is 3.43. The zero-order valence-electron chi connectivity index (χ0n) is 15.6. The van der Waals surface area contributed by atoms with Gasteiger partial charge in [0.2, 0.25) is 5.91 Å². The van der Waals surface area contributed by atoms with Crippen LogP contribution in [0.1, 0.15) is 25.7 Å². The van der Waals surface area contributed by atoms with Gasteiger partial charge in [-0.25, -0.2) is 13.2 Å². The van der Waals surface area contributed by atoms with Gasteiger partial charge in [0.05, 0.1) is 6.54 Å². The summed E-state index contributed by atoms with van der Waals surface area (Å²) in [6, 6.07) is 2.98. The lowest BCUT2D eigenvalue weighted by Gasteiger charge is -2.37. The van der Waals surface area contributed by atoms with Gasteiger partial charge >= 0.3 is 6.61 Å².